The zero-order valence-electron chi connectivity index (χ0n) is 11.0. The molecule has 2 aromatic heterocycles. The molecule has 1 unspecified atom stereocenters. The predicted octanol–water partition coefficient (Wildman–Crippen LogP) is 2.45. The van der Waals surface area contributed by atoms with E-state index < -0.39 is 16.1 Å². The summed E-state index contributed by atoms with van der Waals surface area (Å²) in [6.45, 7) is 1.82. The van der Waals surface area contributed by atoms with Crippen LogP contribution >= 0.6 is 34.3 Å². The van der Waals surface area contributed by atoms with Gasteiger partial charge in [0.2, 0.25) is 5.91 Å². The van der Waals surface area contributed by atoms with E-state index in [0.717, 1.165) is 16.2 Å². The summed E-state index contributed by atoms with van der Waals surface area (Å²) in [6.07, 6.45) is 0. The second-order valence-corrected chi connectivity index (χ2v) is 8.89. The standard InChI is InChI=1S/C12H13ClN2O3S3/c1-8(15-21(17,18)11-3-2-6-19-11)12(16)14-7-9-4-5-10(13)20-9/h2-6,8,15H,7H2,1H3,(H,14,16). The lowest BCUT2D eigenvalue weighted by atomic mass is 10.3. The lowest BCUT2D eigenvalue weighted by Gasteiger charge is -2.13. The zero-order valence-corrected chi connectivity index (χ0v) is 14.2. The molecule has 2 N–H and O–H groups in total. The molecule has 0 spiro atoms. The van der Waals surface area contributed by atoms with Gasteiger partial charge in [0.25, 0.3) is 10.0 Å². The Morgan fingerprint density at radius 1 is 1.38 bits per heavy atom. The predicted molar refractivity (Wildman–Crippen MR) is 85.3 cm³/mol. The van der Waals surface area contributed by atoms with Crippen LogP contribution in [0, 0.1) is 0 Å². The van der Waals surface area contributed by atoms with Crippen molar-refractivity contribution < 1.29 is 13.2 Å². The highest BCUT2D eigenvalue weighted by Crippen LogP contribution is 2.21. The number of rotatable bonds is 6. The first kappa shape index (κ1) is 16.4. The molecule has 0 fully saturated rings. The minimum atomic E-state index is -3.65. The summed E-state index contributed by atoms with van der Waals surface area (Å²) in [5, 5.41) is 4.34. The normalized spacial score (nSPS) is 13.0. The molecule has 0 bridgehead atoms. The topological polar surface area (TPSA) is 75.3 Å². The molecule has 2 heterocycles. The van der Waals surface area contributed by atoms with E-state index in [9.17, 15) is 13.2 Å². The van der Waals surface area contributed by atoms with E-state index in [1.165, 1.54) is 24.3 Å². The molecule has 0 aliphatic carbocycles. The summed E-state index contributed by atoms with van der Waals surface area (Å²) < 4.78 is 27.2. The van der Waals surface area contributed by atoms with Gasteiger partial charge in [-0.3, -0.25) is 4.79 Å². The average Bonchev–Trinajstić information content (AvgIpc) is 3.06. The number of halogens is 1. The number of thiophene rings is 2. The summed E-state index contributed by atoms with van der Waals surface area (Å²) >= 11 is 8.27. The van der Waals surface area contributed by atoms with Crippen molar-refractivity contribution in [3.8, 4) is 0 Å². The summed E-state index contributed by atoms with van der Waals surface area (Å²) in [4.78, 5) is 12.8. The molecular formula is C12H13ClN2O3S3. The Balaban J connectivity index is 1.91. The number of amides is 1. The third kappa shape index (κ3) is 4.52. The van der Waals surface area contributed by atoms with Gasteiger partial charge in [-0.05, 0) is 30.5 Å². The second kappa shape index (κ2) is 6.89. The molecule has 21 heavy (non-hydrogen) atoms. The first-order valence-corrected chi connectivity index (χ1v) is 9.52. The van der Waals surface area contributed by atoms with Crippen LogP contribution in [0.4, 0.5) is 0 Å². The molecule has 0 aliphatic heterocycles. The van der Waals surface area contributed by atoms with Crippen LogP contribution in [-0.4, -0.2) is 20.4 Å². The van der Waals surface area contributed by atoms with Crippen LogP contribution in [0.2, 0.25) is 4.34 Å². The lowest BCUT2D eigenvalue weighted by Crippen LogP contribution is -2.44. The summed E-state index contributed by atoms with van der Waals surface area (Å²) in [6, 6.07) is 5.84. The van der Waals surface area contributed by atoms with Crippen LogP contribution in [0.1, 0.15) is 11.8 Å². The van der Waals surface area contributed by atoms with Gasteiger partial charge in [0.15, 0.2) is 0 Å². The smallest absolute Gasteiger partial charge is 0.250 e. The molecule has 9 heteroatoms. The van der Waals surface area contributed by atoms with Crippen molar-refractivity contribution in [1.82, 2.24) is 10.0 Å². The SMILES string of the molecule is CC(NS(=O)(=O)c1cccs1)C(=O)NCc1ccc(Cl)s1. The van der Waals surface area contributed by atoms with Crippen molar-refractivity contribution in [2.45, 2.75) is 23.7 Å². The van der Waals surface area contributed by atoms with Crippen LogP contribution in [-0.2, 0) is 21.4 Å². The first-order chi connectivity index (χ1) is 9.88. The fourth-order valence-electron chi connectivity index (χ4n) is 1.53. The van der Waals surface area contributed by atoms with E-state index in [1.807, 2.05) is 6.07 Å². The van der Waals surface area contributed by atoms with Gasteiger partial charge >= 0.3 is 0 Å². The van der Waals surface area contributed by atoms with Gasteiger partial charge in [-0.25, -0.2) is 8.42 Å². The Hall–Kier alpha value is -0.930. The Morgan fingerprint density at radius 3 is 2.71 bits per heavy atom. The van der Waals surface area contributed by atoms with Crippen molar-refractivity contribution in [1.29, 1.82) is 0 Å². The molecular weight excluding hydrogens is 352 g/mol. The van der Waals surface area contributed by atoms with Crippen LogP contribution in [0.15, 0.2) is 33.9 Å². The molecule has 1 atom stereocenters. The zero-order chi connectivity index (χ0) is 15.5. The average molecular weight is 365 g/mol. The Labute approximate surface area is 136 Å². The minimum absolute atomic E-state index is 0.187. The lowest BCUT2D eigenvalue weighted by molar-refractivity contribution is -0.122. The molecule has 2 aromatic rings. The highest BCUT2D eigenvalue weighted by atomic mass is 35.5. The Morgan fingerprint density at radius 2 is 2.14 bits per heavy atom. The fraction of sp³-hybridized carbons (Fsp3) is 0.250. The van der Waals surface area contributed by atoms with Crippen LogP contribution in [0.3, 0.4) is 0 Å². The van der Waals surface area contributed by atoms with Gasteiger partial charge in [0.1, 0.15) is 4.21 Å². The number of carbonyl (C=O) groups is 1. The first-order valence-electron chi connectivity index (χ1n) is 5.96. The van der Waals surface area contributed by atoms with Gasteiger partial charge < -0.3 is 5.32 Å². The number of hydrogen-bond donors (Lipinski definition) is 2. The van der Waals surface area contributed by atoms with Gasteiger partial charge in [-0.2, -0.15) is 4.72 Å². The maximum absolute atomic E-state index is 12.0. The van der Waals surface area contributed by atoms with Crippen molar-refractivity contribution in [2.24, 2.45) is 0 Å². The molecule has 0 saturated carbocycles. The maximum atomic E-state index is 12.0. The highest BCUT2D eigenvalue weighted by molar-refractivity contribution is 7.91. The van der Waals surface area contributed by atoms with Crippen molar-refractivity contribution in [3.05, 3.63) is 38.9 Å². The van der Waals surface area contributed by atoms with E-state index in [-0.39, 0.29) is 10.1 Å². The summed E-state index contributed by atoms with van der Waals surface area (Å²) in [7, 11) is -3.65. The van der Waals surface area contributed by atoms with Crippen molar-refractivity contribution in [2.75, 3.05) is 0 Å². The maximum Gasteiger partial charge on any atom is 0.250 e. The molecule has 2 rings (SSSR count). The van der Waals surface area contributed by atoms with Crippen LogP contribution in [0.25, 0.3) is 0 Å². The molecule has 0 aromatic carbocycles. The molecule has 0 saturated heterocycles. The molecule has 0 aliphatic rings. The second-order valence-electron chi connectivity index (χ2n) is 4.20. The van der Waals surface area contributed by atoms with Gasteiger partial charge in [0.05, 0.1) is 16.9 Å². The Bertz CT molecular complexity index is 710. The Kier molecular flexibility index (Phi) is 5.39. The van der Waals surface area contributed by atoms with Gasteiger partial charge in [-0.1, -0.05) is 17.7 Å². The van der Waals surface area contributed by atoms with Crippen molar-refractivity contribution in [3.63, 3.8) is 0 Å². The number of sulfonamides is 1. The van der Waals surface area contributed by atoms with Crippen LogP contribution in [0.5, 0.6) is 0 Å². The quantitative estimate of drug-likeness (QED) is 0.826. The third-order valence-corrected chi connectivity index (χ3v) is 6.72. The van der Waals surface area contributed by atoms with E-state index in [1.54, 1.807) is 17.5 Å². The van der Waals surface area contributed by atoms with E-state index in [4.69, 9.17) is 11.6 Å². The molecule has 1 amide bonds. The third-order valence-electron chi connectivity index (χ3n) is 2.55. The van der Waals surface area contributed by atoms with Gasteiger partial charge in [-0.15, -0.1) is 22.7 Å². The van der Waals surface area contributed by atoms with Crippen molar-refractivity contribution >= 4 is 50.2 Å². The van der Waals surface area contributed by atoms with E-state index >= 15 is 0 Å². The highest BCUT2D eigenvalue weighted by Gasteiger charge is 2.22. The number of nitrogens with one attached hydrogen (secondary N) is 2. The largest absolute Gasteiger partial charge is 0.350 e. The monoisotopic (exact) mass is 364 g/mol. The van der Waals surface area contributed by atoms with E-state index in [2.05, 4.69) is 10.0 Å². The molecule has 114 valence electrons. The summed E-state index contributed by atoms with van der Waals surface area (Å²) in [5.41, 5.74) is 0. The molecule has 5 nitrogen and oxygen atoms in total. The fourth-order valence-corrected chi connectivity index (χ4v) is 4.77. The molecule has 0 radical (unpaired) electrons. The van der Waals surface area contributed by atoms with E-state index in [0.29, 0.717) is 10.9 Å². The van der Waals surface area contributed by atoms with Crippen LogP contribution < -0.4 is 10.0 Å². The summed E-state index contributed by atoms with van der Waals surface area (Å²) in [5.74, 6) is -0.389. The number of hydrogen-bond acceptors (Lipinski definition) is 5. The number of carbonyl (C=O) groups excluding carboxylic acids is 1. The minimum Gasteiger partial charge on any atom is -0.350 e. The van der Waals surface area contributed by atoms with Gasteiger partial charge in [0, 0.05) is 4.88 Å².